The molecule has 0 radical (unpaired) electrons. The molecule has 1 aliphatic rings. The second kappa shape index (κ2) is 6.45. The Labute approximate surface area is 123 Å². The summed E-state index contributed by atoms with van der Waals surface area (Å²) in [4.78, 5) is 17.1. The molecule has 3 heterocycles. The summed E-state index contributed by atoms with van der Waals surface area (Å²) >= 11 is 0. The van der Waals surface area contributed by atoms with Crippen LogP contribution in [0.1, 0.15) is 31.0 Å². The van der Waals surface area contributed by atoms with Crippen LogP contribution in [0.15, 0.2) is 24.7 Å². The molecule has 3 N–H and O–H groups in total. The molecule has 110 valence electrons. The number of nitrogens with one attached hydrogen (secondary N) is 3. The smallest absolute Gasteiger partial charge is 0.228 e. The van der Waals surface area contributed by atoms with Crippen LogP contribution in [0.2, 0.25) is 0 Å². The summed E-state index contributed by atoms with van der Waals surface area (Å²) in [6.45, 7) is 1.05. The Balaban J connectivity index is 1.76. The van der Waals surface area contributed by atoms with Gasteiger partial charge in [-0.2, -0.15) is 0 Å². The number of aromatic nitrogens is 4. The van der Waals surface area contributed by atoms with E-state index >= 15 is 0 Å². The Morgan fingerprint density at radius 2 is 2.10 bits per heavy atom. The van der Waals surface area contributed by atoms with Crippen LogP contribution in [0.25, 0.3) is 0 Å². The summed E-state index contributed by atoms with van der Waals surface area (Å²) < 4.78 is 0. The summed E-state index contributed by atoms with van der Waals surface area (Å²) in [5, 5.41) is 9.58. The number of nitrogens with zero attached hydrogens (tertiary/aromatic N) is 4. The molecule has 7 nitrogen and oxygen atoms in total. The SMILES string of the molecule is CNc1cc(Nc2nccc([C@H]3CCCCN3)n2)ncn1. The van der Waals surface area contributed by atoms with Crippen molar-refractivity contribution >= 4 is 17.6 Å². The fourth-order valence-corrected chi connectivity index (χ4v) is 2.41. The lowest BCUT2D eigenvalue weighted by atomic mass is 10.0. The van der Waals surface area contributed by atoms with E-state index in [4.69, 9.17) is 0 Å². The fourth-order valence-electron chi connectivity index (χ4n) is 2.41. The van der Waals surface area contributed by atoms with E-state index in [2.05, 4.69) is 35.9 Å². The maximum Gasteiger partial charge on any atom is 0.228 e. The highest BCUT2D eigenvalue weighted by Crippen LogP contribution is 2.22. The lowest BCUT2D eigenvalue weighted by Gasteiger charge is -2.23. The fraction of sp³-hybridized carbons (Fsp3) is 0.429. The van der Waals surface area contributed by atoms with Gasteiger partial charge in [-0.3, -0.25) is 0 Å². The van der Waals surface area contributed by atoms with Gasteiger partial charge in [0.1, 0.15) is 18.0 Å². The van der Waals surface area contributed by atoms with E-state index < -0.39 is 0 Å². The third-order valence-electron chi connectivity index (χ3n) is 3.51. The molecule has 3 rings (SSSR count). The lowest BCUT2D eigenvalue weighted by Crippen LogP contribution is -2.27. The number of hydrogen-bond donors (Lipinski definition) is 3. The lowest BCUT2D eigenvalue weighted by molar-refractivity contribution is 0.405. The van der Waals surface area contributed by atoms with E-state index in [9.17, 15) is 0 Å². The van der Waals surface area contributed by atoms with Crippen LogP contribution in [0.5, 0.6) is 0 Å². The van der Waals surface area contributed by atoms with Crippen LogP contribution >= 0.6 is 0 Å². The molecule has 1 fully saturated rings. The third-order valence-corrected chi connectivity index (χ3v) is 3.51. The van der Waals surface area contributed by atoms with Gasteiger partial charge < -0.3 is 16.0 Å². The van der Waals surface area contributed by atoms with E-state index in [1.54, 1.807) is 6.20 Å². The molecule has 1 saturated heterocycles. The van der Waals surface area contributed by atoms with Crippen molar-refractivity contribution in [1.82, 2.24) is 25.3 Å². The average Bonchev–Trinajstić information content (AvgIpc) is 2.56. The van der Waals surface area contributed by atoms with Gasteiger partial charge in [0.25, 0.3) is 0 Å². The molecule has 0 bridgehead atoms. The van der Waals surface area contributed by atoms with Gasteiger partial charge in [0, 0.05) is 25.4 Å². The van der Waals surface area contributed by atoms with Gasteiger partial charge >= 0.3 is 0 Å². The first-order valence-corrected chi connectivity index (χ1v) is 7.18. The zero-order chi connectivity index (χ0) is 14.5. The van der Waals surface area contributed by atoms with Gasteiger partial charge in [0.2, 0.25) is 5.95 Å². The first-order valence-electron chi connectivity index (χ1n) is 7.18. The molecule has 2 aromatic heterocycles. The van der Waals surface area contributed by atoms with Crippen LogP contribution in [-0.4, -0.2) is 33.5 Å². The molecule has 0 saturated carbocycles. The summed E-state index contributed by atoms with van der Waals surface area (Å²) in [6, 6.07) is 4.10. The second-order valence-corrected chi connectivity index (χ2v) is 4.97. The first-order chi connectivity index (χ1) is 10.3. The highest BCUT2D eigenvalue weighted by molar-refractivity contribution is 5.52. The van der Waals surface area contributed by atoms with Gasteiger partial charge in [-0.15, -0.1) is 0 Å². The molecule has 21 heavy (non-hydrogen) atoms. The average molecular weight is 285 g/mol. The van der Waals surface area contributed by atoms with Crippen LogP contribution in [0.4, 0.5) is 17.6 Å². The number of piperidine rings is 1. The predicted octanol–water partition coefficient (Wildman–Crippen LogP) is 1.87. The van der Waals surface area contributed by atoms with Crippen LogP contribution < -0.4 is 16.0 Å². The minimum Gasteiger partial charge on any atom is -0.373 e. The summed E-state index contributed by atoms with van der Waals surface area (Å²) in [5.41, 5.74) is 1.02. The molecule has 2 aromatic rings. The van der Waals surface area contributed by atoms with E-state index in [-0.39, 0.29) is 0 Å². The molecule has 0 amide bonds. The van der Waals surface area contributed by atoms with Crippen molar-refractivity contribution in [2.24, 2.45) is 0 Å². The van der Waals surface area contributed by atoms with E-state index in [0.717, 1.165) is 24.5 Å². The highest BCUT2D eigenvalue weighted by Gasteiger charge is 2.16. The van der Waals surface area contributed by atoms with Gasteiger partial charge in [0.05, 0.1) is 5.69 Å². The van der Waals surface area contributed by atoms with Crippen molar-refractivity contribution in [3.8, 4) is 0 Å². The molecule has 1 aliphatic heterocycles. The van der Waals surface area contributed by atoms with Gasteiger partial charge in [-0.05, 0) is 25.5 Å². The van der Waals surface area contributed by atoms with Gasteiger partial charge in [0.15, 0.2) is 0 Å². The maximum atomic E-state index is 4.58. The minimum atomic E-state index is 0.320. The monoisotopic (exact) mass is 285 g/mol. The first kappa shape index (κ1) is 13.7. The quantitative estimate of drug-likeness (QED) is 0.790. The summed E-state index contributed by atoms with van der Waals surface area (Å²) in [6.07, 6.45) is 6.87. The Bertz CT molecular complexity index is 595. The molecule has 7 heteroatoms. The molecular formula is C14H19N7. The number of hydrogen-bond acceptors (Lipinski definition) is 7. The van der Waals surface area contributed by atoms with Crippen LogP contribution in [0, 0.1) is 0 Å². The van der Waals surface area contributed by atoms with Crippen molar-refractivity contribution in [2.45, 2.75) is 25.3 Å². The zero-order valence-corrected chi connectivity index (χ0v) is 12.0. The van der Waals surface area contributed by atoms with Crippen LogP contribution in [-0.2, 0) is 0 Å². The molecule has 0 unspecified atom stereocenters. The Kier molecular flexibility index (Phi) is 4.20. The highest BCUT2D eigenvalue weighted by atomic mass is 15.2. The van der Waals surface area contributed by atoms with Crippen LogP contribution in [0.3, 0.4) is 0 Å². The second-order valence-electron chi connectivity index (χ2n) is 4.97. The van der Waals surface area contributed by atoms with E-state index in [1.807, 2.05) is 19.2 Å². The van der Waals surface area contributed by atoms with E-state index in [0.29, 0.717) is 17.8 Å². The molecular weight excluding hydrogens is 266 g/mol. The minimum absolute atomic E-state index is 0.320. The maximum absolute atomic E-state index is 4.58. The molecule has 1 atom stereocenters. The summed E-state index contributed by atoms with van der Waals surface area (Å²) in [5.74, 6) is 1.97. The Hall–Kier alpha value is -2.28. The van der Waals surface area contributed by atoms with Gasteiger partial charge in [-0.25, -0.2) is 19.9 Å². The standard InChI is InChI=1S/C14H19N7/c1-15-12-8-13(19-9-18-12)21-14-17-7-5-11(20-14)10-4-2-3-6-16-10/h5,7-10,16H,2-4,6H2,1H3,(H2,15,17,18,19,20,21)/t10-/m1/s1. The topological polar surface area (TPSA) is 87.7 Å². The van der Waals surface area contributed by atoms with Crippen molar-refractivity contribution in [2.75, 3.05) is 24.2 Å². The largest absolute Gasteiger partial charge is 0.373 e. The van der Waals surface area contributed by atoms with Crippen molar-refractivity contribution in [1.29, 1.82) is 0 Å². The normalized spacial score (nSPS) is 18.2. The molecule has 0 spiro atoms. The zero-order valence-electron chi connectivity index (χ0n) is 12.0. The van der Waals surface area contributed by atoms with Crippen molar-refractivity contribution in [3.63, 3.8) is 0 Å². The molecule has 0 aromatic carbocycles. The summed E-state index contributed by atoms with van der Waals surface area (Å²) in [7, 11) is 1.82. The number of rotatable bonds is 4. The van der Waals surface area contributed by atoms with Gasteiger partial charge in [-0.1, -0.05) is 6.42 Å². The molecule has 0 aliphatic carbocycles. The third kappa shape index (κ3) is 3.43. The Morgan fingerprint density at radius 1 is 1.19 bits per heavy atom. The number of anilines is 3. The van der Waals surface area contributed by atoms with E-state index in [1.165, 1.54) is 19.2 Å². The predicted molar refractivity (Wildman–Crippen MR) is 81.5 cm³/mol. The van der Waals surface area contributed by atoms with Crippen molar-refractivity contribution < 1.29 is 0 Å². The van der Waals surface area contributed by atoms with Crippen molar-refractivity contribution in [3.05, 3.63) is 30.4 Å². The Morgan fingerprint density at radius 3 is 2.90 bits per heavy atom.